The SMILES string of the molecule is O=C(C=Cc1ccc(O)cc1)NCCCCNCCCNC(=O)C=Cc1ccc(O)cc1. The van der Waals surface area contributed by atoms with Crippen LogP contribution in [0.1, 0.15) is 30.4 Å². The Hall–Kier alpha value is -3.58. The second-order valence-corrected chi connectivity index (χ2v) is 7.24. The number of amides is 2. The van der Waals surface area contributed by atoms with E-state index in [-0.39, 0.29) is 23.3 Å². The number of rotatable bonds is 13. The lowest BCUT2D eigenvalue weighted by Gasteiger charge is -2.06. The van der Waals surface area contributed by atoms with E-state index in [1.807, 2.05) is 0 Å². The molecule has 2 amide bonds. The van der Waals surface area contributed by atoms with Crippen LogP contribution in [0.3, 0.4) is 0 Å². The van der Waals surface area contributed by atoms with E-state index in [0.717, 1.165) is 43.5 Å². The normalized spacial score (nSPS) is 11.1. The quantitative estimate of drug-likeness (QED) is 0.244. The number of benzene rings is 2. The molecule has 7 heteroatoms. The van der Waals surface area contributed by atoms with E-state index in [1.54, 1.807) is 60.7 Å². The molecule has 7 nitrogen and oxygen atoms in total. The van der Waals surface area contributed by atoms with Crippen LogP contribution in [0.15, 0.2) is 60.7 Å². The maximum atomic E-state index is 11.8. The zero-order valence-electron chi connectivity index (χ0n) is 18.1. The van der Waals surface area contributed by atoms with Crippen LogP contribution in [-0.2, 0) is 9.59 Å². The molecule has 0 aliphatic carbocycles. The zero-order chi connectivity index (χ0) is 23.0. The molecule has 0 fully saturated rings. The lowest BCUT2D eigenvalue weighted by atomic mass is 10.2. The summed E-state index contributed by atoms with van der Waals surface area (Å²) >= 11 is 0. The highest BCUT2D eigenvalue weighted by Crippen LogP contribution is 2.11. The second kappa shape index (κ2) is 14.4. The third-order valence-electron chi connectivity index (χ3n) is 4.55. The fraction of sp³-hybridized carbons (Fsp3) is 0.280. The molecule has 0 saturated carbocycles. The number of carbonyl (C=O) groups is 2. The lowest BCUT2D eigenvalue weighted by Crippen LogP contribution is -2.27. The Labute approximate surface area is 188 Å². The van der Waals surface area contributed by atoms with Gasteiger partial charge < -0.3 is 26.2 Å². The van der Waals surface area contributed by atoms with Crippen LogP contribution in [-0.4, -0.2) is 48.2 Å². The van der Waals surface area contributed by atoms with Crippen LogP contribution in [0.25, 0.3) is 12.2 Å². The summed E-state index contributed by atoms with van der Waals surface area (Å²) in [4.78, 5) is 23.5. The summed E-state index contributed by atoms with van der Waals surface area (Å²) in [6, 6.07) is 13.3. The van der Waals surface area contributed by atoms with Crippen LogP contribution in [0.2, 0.25) is 0 Å². The standard InChI is InChI=1S/C25H31N3O4/c29-22-10-4-20(5-11-22)8-14-24(31)27-18-2-1-16-26-17-3-19-28-25(32)15-9-21-6-12-23(30)13-7-21/h4-15,26,29-30H,1-3,16-19H2,(H,27,31)(H,28,32). The topological polar surface area (TPSA) is 111 Å². The van der Waals surface area contributed by atoms with Crippen molar-refractivity contribution in [3.8, 4) is 11.5 Å². The van der Waals surface area contributed by atoms with Gasteiger partial charge in [-0.15, -0.1) is 0 Å². The van der Waals surface area contributed by atoms with Gasteiger partial charge in [-0.1, -0.05) is 24.3 Å². The first-order valence-corrected chi connectivity index (χ1v) is 10.7. The third-order valence-corrected chi connectivity index (χ3v) is 4.55. The zero-order valence-corrected chi connectivity index (χ0v) is 18.1. The van der Waals surface area contributed by atoms with Crippen molar-refractivity contribution in [2.24, 2.45) is 0 Å². The average Bonchev–Trinajstić information content (AvgIpc) is 2.79. The number of aromatic hydroxyl groups is 2. The smallest absolute Gasteiger partial charge is 0.243 e. The van der Waals surface area contributed by atoms with Crippen LogP contribution < -0.4 is 16.0 Å². The molecule has 32 heavy (non-hydrogen) atoms. The van der Waals surface area contributed by atoms with Crippen LogP contribution in [0.5, 0.6) is 11.5 Å². The number of nitrogens with one attached hydrogen (secondary N) is 3. The molecule has 0 saturated heterocycles. The molecular weight excluding hydrogens is 406 g/mol. The number of hydrogen-bond acceptors (Lipinski definition) is 5. The van der Waals surface area contributed by atoms with Crippen LogP contribution >= 0.6 is 0 Å². The van der Waals surface area contributed by atoms with Gasteiger partial charge in [-0.25, -0.2) is 0 Å². The molecule has 2 aromatic rings. The first-order valence-electron chi connectivity index (χ1n) is 10.7. The van der Waals surface area contributed by atoms with E-state index < -0.39 is 0 Å². The molecule has 5 N–H and O–H groups in total. The van der Waals surface area contributed by atoms with Crippen molar-refractivity contribution in [3.05, 3.63) is 71.8 Å². The lowest BCUT2D eigenvalue weighted by molar-refractivity contribution is -0.117. The minimum atomic E-state index is -0.145. The summed E-state index contributed by atoms with van der Waals surface area (Å²) in [5.74, 6) is 0.113. The van der Waals surface area contributed by atoms with Gasteiger partial charge in [0.25, 0.3) is 0 Å². The van der Waals surface area contributed by atoms with Gasteiger partial charge in [0.05, 0.1) is 0 Å². The molecule has 0 aliphatic heterocycles. The van der Waals surface area contributed by atoms with E-state index in [9.17, 15) is 19.8 Å². The minimum Gasteiger partial charge on any atom is -0.508 e. The first kappa shape index (κ1) is 24.7. The van der Waals surface area contributed by atoms with Gasteiger partial charge in [0.2, 0.25) is 11.8 Å². The summed E-state index contributed by atoms with van der Waals surface area (Å²) in [5, 5.41) is 27.5. The predicted octanol–water partition coefficient (Wildman–Crippen LogP) is 2.82. The molecule has 0 unspecified atom stereocenters. The number of phenolic OH excluding ortho intramolecular Hbond substituents is 2. The van der Waals surface area contributed by atoms with Gasteiger partial charge in [-0.3, -0.25) is 9.59 Å². The van der Waals surface area contributed by atoms with Crippen molar-refractivity contribution >= 4 is 24.0 Å². The molecule has 0 aliphatic rings. The van der Waals surface area contributed by atoms with Gasteiger partial charge in [0.1, 0.15) is 11.5 Å². The molecular formula is C25H31N3O4. The number of carbonyl (C=O) groups excluding carboxylic acids is 2. The number of phenols is 2. The molecule has 170 valence electrons. The fourth-order valence-corrected chi connectivity index (χ4v) is 2.77. The van der Waals surface area contributed by atoms with Crippen molar-refractivity contribution in [1.29, 1.82) is 0 Å². The monoisotopic (exact) mass is 437 g/mol. The average molecular weight is 438 g/mol. The van der Waals surface area contributed by atoms with Gasteiger partial charge >= 0.3 is 0 Å². The Balaban J connectivity index is 1.42. The maximum absolute atomic E-state index is 11.8. The molecule has 0 radical (unpaired) electrons. The van der Waals surface area contributed by atoms with Crippen molar-refractivity contribution in [1.82, 2.24) is 16.0 Å². The van der Waals surface area contributed by atoms with E-state index in [4.69, 9.17) is 0 Å². The van der Waals surface area contributed by atoms with Gasteiger partial charge in [-0.2, -0.15) is 0 Å². The van der Waals surface area contributed by atoms with Crippen LogP contribution in [0, 0.1) is 0 Å². The van der Waals surface area contributed by atoms with E-state index in [1.165, 1.54) is 12.2 Å². The first-order chi connectivity index (χ1) is 15.5. The predicted molar refractivity (Wildman–Crippen MR) is 127 cm³/mol. The van der Waals surface area contributed by atoms with Crippen LogP contribution in [0.4, 0.5) is 0 Å². The van der Waals surface area contributed by atoms with E-state index in [0.29, 0.717) is 13.1 Å². The summed E-state index contributed by atoms with van der Waals surface area (Å²) in [6.45, 7) is 2.87. The molecule has 2 aromatic carbocycles. The Morgan fingerprint density at radius 2 is 1.03 bits per heavy atom. The summed E-state index contributed by atoms with van der Waals surface area (Å²) in [7, 11) is 0. The molecule has 0 heterocycles. The Morgan fingerprint density at radius 1 is 0.625 bits per heavy atom. The van der Waals surface area contributed by atoms with Crippen molar-refractivity contribution in [2.75, 3.05) is 26.2 Å². The molecule has 0 spiro atoms. The largest absolute Gasteiger partial charge is 0.508 e. The molecule has 0 bridgehead atoms. The van der Waals surface area contributed by atoms with Crippen molar-refractivity contribution in [2.45, 2.75) is 19.3 Å². The van der Waals surface area contributed by atoms with Gasteiger partial charge in [-0.05, 0) is 79.9 Å². The van der Waals surface area contributed by atoms with Gasteiger partial charge in [0.15, 0.2) is 0 Å². The summed E-state index contributed by atoms with van der Waals surface area (Å²) < 4.78 is 0. The van der Waals surface area contributed by atoms with E-state index in [2.05, 4.69) is 16.0 Å². The van der Waals surface area contributed by atoms with Gasteiger partial charge in [0, 0.05) is 25.2 Å². The Bertz CT molecular complexity index is 815. The van der Waals surface area contributed by atoms with E-state index >= 15 is 0 Å². The summed E-state index contributed by atoms with van der Waals surface area (Å²) in [6.07, 6.45) is 9.03. The van der Waals surface area contributed by atoms with Crippen molar-refractivity contribution < 1.29 is 19.8 Å². The molecule has 0 atom stereocenters. The highest BCUT2D eigenvalue weighted by Gasteiger charge is 1.97. The Morgan fingerprint density at radius 3 is 1.53 bits per heavy atom. The number of unbranched alkanes of at least 4 members (excludes halogenated alkanes) is 1. The summed E-state index contributed by atoms with van der Waals surface area (Å²) in [5.41, 5.74) is 1.70. The minimum absolute atomic E-state index is 0.138. The number of hydrogen-bond donors (Lipinski definition) is 5. The third kappa shape index (κ3) is 11.0. The molecule has 0 aromatic heterocycles. The Kier molecular flexibility index (Phi) is 11.1. The second-order valence-electron chi connectivity index (χ2n) is 7.24. The maximum Gasteiger partial charge on any atom is 0.243 e. The fourth-order valence-electron chi connectivity index (χ4n) is 2.77. The van der Waals surface area contributed by atoms with Crippen molar-refractivity contribution in [3.63, 3.8) is 0 Å². The molecule has 2 rings (SSSR count). The highest BCUT2D eigenvalue weighted by molar-refractivity contribution is 5.92. The highest BCUT2D eigenvalue weighted by atomic mass is 16.3.